The molecular formula is C32H39N3O4. The maximum absolute atomic E-state index is 13.2. The molecule has 0 aromatic heterocycles. The van der Waals surface area contributed by atoms with E-state index in [1.54, 1.807) is 31.4 Å². The molecule has 0 spiro atoms. The summed E-state index contributed by atoms with van der Waals surface area (Å²) in [4.78, 5) is 26.1. The first-order valence-corrected chi connectivity index (χ1v) is 13.8. The molecule has 1 saturated carbocycles. The largest absolute Gasteiger partial charge is 0.497 e. The van der Waals surface area contributed by atoms with Crippen LogP contribution < -0.4 is 25.4 Å². The Hall–Kier alpha value is -4.00. The summed E-state index contributed by atoms with van der Waals surface area (Å²) < 4.78 is 11.0. The smallest absolute Gasteiger partial charge is 0.251 e. The average Bonchev–Trinajstić information content (AvgIpc) is 3.00. The number of benzene rings is 3. The number of nitrogens with one attached hydrogen (secondary N) is 3. The summed E-state index contributed by atoms with van der Waals surface area (Å²) in [5.41, 5.74) is 2.61. The van der Waals surface area contributed by atoms with Crippen LogP contribution in [0.1, 0.15) is 48.0 Å². The minimum Gasteiger partial charge on any atom is -0.497 e. The molecule has 2 amide bonds. The van der Waals surface area contributed by atoms with E-state index in [9.17, 15) is 9.59 Å². The molecule has 3 aromatic carbocycles. The molecule has 0 aliphatic heterocycles. The van der Waals surface area contributed by atoms with Gasteiger partial charge in [-0.05, 0) is 72.9 Å². The number of methoxy groups -OCH3 is 1. The number of carbonyl (C=O) groups is 2. The van der Waals surface area contributed by atoms with Crippen molar-refractivity contribution in [1.82, 2.24) is 10.6 Å². The number of amides is 2. The lowest BCUT2D eigenvalue weighted by Gasteiger charge is -2.29. The standard InChI is InChI=1S/C32H39N3O4/c1-38-28-18-14-27(15-19-28)33-20-21-34-32(37)30(25-10-6-3-7-11-25)22-35-31(36)26-12-16-29(17-13-26)39-23-24-8-4-2-5-9-24/h2,4-5,8-9,12-19,25,30,33H,3,6-7,10-11,20-23H2,1H3,(H,34,37)(H,35,36). The van der Waals surface area contributed by atoms with Gasteiger partial charge < -0.3 is 25.4 Å². The third kappa shape index (κ3) is 8.77. The van der Waals surface area contributed by atoms with Crippen LogP contribution in [-0.4, -0.2) is 38.6 Å². The Morgan fingerprint density at radius 1 is 0.821 bits per heavy atom. The van der Waals surface area contributed by atoms with E-state index in [0.29, 0.717) is 37.6 Å². The lowest BCUT2D eigenvalue weighted by molar-refractivity contribution is -0.126. The van der Waals surface area contributed by atoms with Crippen LogP contribution in [0, 0.1) is 11.8 Å². The first-order chi connectivity index (χ1) is 19.1. The van der Waals surface area contributed by atoms with Gasteiger partial charge in [-0.1, -0.05) is 49.6 Å². The quantitative estimate of drug-likeness (QED) is 0.257. The highest BCUT2D eigenvalue weighted by molar-refractivity contribution is 5.94. The zero-order valence-corrected chi connectivity index (χ0v) is 22.7. The van der Waals surface area contributed by atoms with Crippen molar-refractivity contribution < 1.29 is 19.1 Å². The normalized spacial score (nSPS) is 14.2. The fraction of sp³-hybridized carbons (Fsp3) is 0.375. The van der Waals surface area contributed by atoms with Crippen molar-refractivity contribution in [2.45, 2.75) is 38.7 Å². The first kappa shape index (κ1) is 28.0. The van der Waals surface area contributed by atoms with E-state index < -0.39 is 0 Å². The maximum atomic E-state index is 13.2. The Balaban J connectivity index is 1.26. The Labute approximate surface area is 231 Å². The number of rotatable bonds is 13. The summed E-state index contributed by atoms with van der Waals surface area (Å²) in [6.45, 7) is 1.92. The van der Waals surface area contributed by atoms with Gasteiger partial charge in [0.05, 0.1) is 13.0 Å². The molecule has 1 atom stereocenters. The van der Waals surface area contributed by atoms with Crippen LogP contribution in [-0.2, 0) is 11.4 Å². The van der Waals surface area contributed by atoms with Crippen LogP contribution in [0.4, 0.5) is 5.69 Å². The molecule has 1 aliphatic carbocycles. The Kier molecular flexibility index (Phi) is 10.6. The van der Waals surface area contributed by atoms with E-state index in [4.69, 9.17) is 9.47 Å². The Morgan fingerprint density at radius 2 is 1.51 bits per heavy atom. The highest BCUT2D eigenvalue weighted by Crippen LogP contribution is 2.30. The van der Waals surface area contributed by atoms with Gasteiger partial charge in [-0.3, -0.25) is 9.59 Å². The molecule has 0 radical (unpaired) electrons. The number of anilines is 1. The van der Waals surface area contributed by atoms with Gasteiger partial charge >= 0.3 is 0 Å². The Morgan fingerprint density at radius 3 is 2.21 bits per heavy atom. The molecule has 7 nitrogen and oxygen atoms in total. The van der Waals surface area contributed by atoms with E-state index in [0.717, 1.165) is 42.7 Å². The number of hydrogen-bond acceptors (Lipinski definition) is 5. The van der Waals surface area contributed by atoms with Crippen molar-refractivity contribution in [3.05, 3.63) is 90.0 Å². The molecule has 7 heteroatoms. The van der Waals surface area contributed by atoms with Crippen LogP contribution in [0.15, 0.2) is 78.9 Å². The fourth-order valence-electron chi connectivity index (χ4n) is 4.99. The molecular weight excluding hydrogens is 490 g/mol. The highest BCUT2D eigenvalue weighted by Gasteiger charge is 2.29. The van der Waals surface area contributed by atoms with Gasteiger partial charge in [0.2, 0.25) is 5.91 Å². The van der Waals surface area contributed by atoms with E-state index in [-0.39, 0.29) is 23.7 Å². The van der Waals surface area contributed by atoms with Crippen molar-refractivity contribution in [3.8, 4) is 11.5 Å². The van der Waals surface area contributed by atoms with E-state index in [2.05, 4.69) is 16.0 Å². The van der Waals surface area contributed by atoms with E-state index >= 15 is 0 Å². The van der Waals surface area contributed by atoms with Gasteiger partial charge in [0.25, 0.3) is 5.91 Å². The predicted molar refractivity (Wildman–Crippen MR) is 154 cm³/mol. The molecule has 3 aromatic rings. The minimum atomic E-state index is -0.247. The van der Waals surface area contributed by atoms with Gasteiger partial charge in [0.15, 0.2) is 0 Å². The lowest BCUT2D eigenvalue weighted by Crippen LogP contribution is -2.44. The van der Waals surface area contributed by atoms with Gasteiger partial charge in [-0.15, -0.1) is 0 Å². The van der Waals surface area contributed by atoms with Crippen LogP contribution in [0.5, 0.6) is 11.5 Å². The zero-order valence-electron chi connectivity index (χ0n) is 22.7. The molecule has 1 aliphatic rings. The molecule has 0 bridgehead atoms. The van der Waals surface area contributed by atoms with Gasteiger partial charge in [-0.2, -0.15) is 0 Å². The lowest BCUT2D eigenvalue weighted by atomic mass is 9.79. The third-order valence-electron chi connectivity index (χ3n) is 7.25. The Bertz CT molecular complexity index is 1160. The van der Waals surface area contributed by atoms with Crippen molar-refractivity contribution in [2.24, 2.45) is 11.8 Å². The summed E-state index contributed by atoms with van der Waals surface area (Å²) in [5.74, 6) is 1.37. The molecule has 0 heterocycles. The van der Waals surface area contributed by atoms with E-state index in [1.807, 2.05) is 54.6 Å². The second kappa shape index (κ2) is 14.8. The summed E-state index contributed by atoms with van der Waals surface area (Å²) >= 11 is 0. The molecule has 4 rings (SSSR count). The SMILES string of the molecule is COc1ccc(NCCNC(=O)C(CNC(=O)c2ccc(OCc3ccccc3)cc2)C2CCCCC2)cc1. The van der Waals surface area contributed by atoms with Gasteiger partial charge in [-0.25, -0.2) is 0 Å². The van der Waals surface area contributed by atoms with Crippen molar-refractivity contribution in [3.63, 3.8) is 0 Å². The predicted octanol–water partition coefficient (Wildman–Crippen LogP) is 5.43. The summed E-state index contributed by atoms with van der Waals surface area (Å²) in [6.07, 6.45) is 5.51. The molecule has 1 fully saturated rings. The van der Waals surface area contributed by atoms with Crippen LogP contribution >= 0.6 is 0 Å². The maximum Gasteiger partial charge on any atom is 0.251 e. The van der Waals surface area contributed by atoms with Gasteiger partial charge in [0, 0.05) is 30.9 Å². The summed E-state index contributed by atoms with van der Waals surface area (Å²) in [7, 11) is 1.64. The summed E-state index contributed by atoms with van der Waals surface area (Å²) in [6, 6.07) is 24.8. The number of hydrogen-bond donors (Lipinski definition) is 3. The van der Waals surface area contributed by atoms with Crippen molar-refractivity contribution in [2.75, 3.05) is 32.1 Å². The van der Waals surface area contributed by atoms with E-state index in [1.165, 1.54) is 6.42 Å². The van der Waals surface area contributed by atoms with Crippen LogP contribution in [0.3, 0.4) is 0 Å². The first-order valence-electron chi connectivity index (χ1n) is 13.8. The topological polar surface area (TPSA) is 88.7 Å². The number of carbonyl (C=O) groups excluding carboxylic acids is 2. The molecule has 3 N–H and O–H groups in total. The fourth-order valence-corrected chi connectivity index (χ4v) is 4.99. The molecule has 39 heavy (non-hydrogen) atoms. The zero-order chi connectivity index (χ0) is 27.3. The average molecular weight is 530 g/mol. The van der Waals surface area contributed by atoms with Crippen molar-refractivity contribution >= 4 is 17.5 Å². The molecule has 0 saturated heterocycles. The second-order valence-electron chi connectivity index (χ2n) is 9.96. The molecule has 206 valence electrons. The van der Waals surface area contributed by atoms with Gasteiger partial charge in [0.1, 0.15) is 18.1 Å². The summed E-state index contributed by atoms with van der Waals surface area (Å²) in [5, 5.41) is 9.40. The minimum absolute atomic E-state index is 0.00314. The second-order valence-corrected chi connectivity index (χ2v) is 9.96. The number of ether oxygens (including phenoxy) is 2. The van der Waals surface area contributed by atoms with Crippen LogP contribution in [0.2, 0.25) is 0 Å². The third-order valence-corrected chi connectivity index (χ3v) is 7.25. The molecule has 1 unspecified atom stereocenters. The monoisotopic (exact) mass is 529 g/mol. The highest BCUT2D eigenvalue weighted by atomic mass is 16.5. The van der Waals surface area contributed by atoms with Crippen molar-refractivity contribution in [1.29, 1.82) is 0 Å². The van der Waals surface area contributed by atoms with Crippen LogP contribution in [0.25, 0.3) is 0 Å².